The Morgan fingerprint density at radius 2 is 0.505 bits per heavy atom. The van der Waals surface area contributed by atoms with Gasteiger partial charge in [0.2, 0.25) is 5.91 Å². The summed E-state index contributed by atoms with van der Waals surface area (Å²) in [6.07, 6.45) is 107. The summed E-state index contributed by atoms with van der Waals surface area (Å²) in [5.74, 6) is -0.00672. The van der Waals surface area contributed by atoms with E-state index in [9.17, 15) is 19.8 Å². The maximum absolute atomic E-state index is 12.6. The number of hydrogen-bond acceptors (Lipinski definition) is 5. The van der Waals surface area contributed by atoms with Crippen molar-refractivity contribution in [2.75, 3.05) is 13.2 Å². The number of esters is 1. The Kier molecular flexibility index (Phi) is 81.3. The second kappa shape index (κ2) is 82.8. The standard InChI is InChI=1S/C87H169NO5/c1-3-5-7-9-11-13-15-17-19-21-23-24-38-41-44-47-51-55-59-63-67-71-75-79-85(90)84(83-89)88-86(91)80-76-72-68-64-60-56-52-48-45-42-39-36-34-32-30-28-26-25-27-29-31-33-35-37-40-43-46-50-54-58-62-66-70-74-78-82-93-87(92)81-77-73-69-65-61-57-53-49-22-20-18-16-14-12-10-8-6-4-2/h20,22,27,29,84-85,89-90H,3-19,21,23-26,28,30-83H2,1-2H3,(H,88,91)/b22-20-,29-27-. The van der Waals surface area contributed by atoms with E-state index in [1.54, 1.807) is 0 Å². The summed E-state index contributed by atoms with van der Waals surface area (Å²) < 4.78 is 5.52. The van der Waals surface area contributed by atoms with Gasteiger partial charge in [0, 0.05) is 12.8 Å². The quantitative estimate of drug-likeness (QED) is 0.0320. The number of unbranched alkanes of at least 4 members (excludes halogenated alkanes) is 67. The summed E-state index contributed by atoms with van der Waals surface area (Å²) in [6, 6.07) is -0.540. The summed E-state index contributed by atoms with van der Waals surface area (Å²) in [6.45, 7) is 5.01. The van der Waals surface area contributed by atoms with Crippen LogP contribution >= 0.6 is 0 Å². The first-order valence-corrected chi connectivity index (χ1v) is 43.1. The molecule has 0 rings (SSSR count). The Labute approximate surface area is 583 Å². The molecule has 0 aliphatic carbocycles. The third-order valence-corrected chi connectivity index (χ3v) is 20.5. The minimum Gasteiger partial charge on any atom is -0.466 e. The van der Waals surface area contributed by atoms with Crippen molar-refractivity contribution in [3.63, 3.8) is 0 Å². The van der Waals surface area contributed by atoms with Crippen molar-refractivity contribution < 1.29 is 24.5 Å². The van der Waals surface area contributed by atoms with Crippen molar-refractivity contribution >= 4 is 11.9 Å². The van der Waals surface area contributed by atoms with Crippen molar-refractivity contribution in [2.24, 2.45) is 0 Å². The van der Waals surface area contributed by atoms with E-state index >= 15 is 0 Å². The lowest BCUT2D eigenvalue weighted by Crippen LogP contribution is -2.45. The highest BCUT2D eigenvalue weighted by Crippen LogP contribution is 2.21. The van der Waals surface area contributed by atoms with Crippen LogP contribution in [0.3, 0.4) is 0 Å². The molecule has 0 bridgehead atoms. The molecule has 0 aromatic rings. The number of allylic oxidation sites excluding steroid dienone is 4. The molecular formula is C87H169NO5. The van der Waals surface area contributed by atoms with Crippen molar-refractivity contribution in [3.05, 3.63) is 24.3 Å². The van der Waals surface area contributed by atoms with Crippen LogP contribution in [0.5, 0.6) is 0 Å². The molecule has 0 fully saturated rings. The highest BCUT2D eigenvalue weighted by atomic mass is 16.5. The predicted molar refractivity (Wildman–Crippen MR) is 412 cm³/mol. The fourth-order valence-corrected chi connectivity index (χ4v) is 13.9. The van der Waals surface area contributed by atoms with Crippen LogP contribution < -0.4 is 5.32 Å². The molecule has 0 heterocycles. The molecule has 2 unspecified atom stereocenters. The summed E-state index contributed by atoms with van der Waals surface area (Å²) in [5.41, 5.74) is 0. The average Bonchev–Trinajstić information content (AvgIpc) is 3.72. The topological polar surface area (TPSA) is 95.9 Å². The molecule has 2 atom stereocenters. The first kappa shape index (κ1) is 91.3. The van der Waals surface area contributed by atoms with Crippen molar-refractivity contribution in [1.29, 1.82) is 0 Å². The molecular weight excluding hydrogens is 1140 g/mol. The number of aliphatic hydroxyl groups is 2. The van der Waals surface area contributed by atoms with Gasteiger partial charge in [-0.1, -0.05) is 430 Å². The number of hydrogen-bond donors (Lipinski definition) is 3. The van der Waals surface area contributed by atoms with Gasteiger partial charge >= 0.3 is 5.97 Å². The number of ether oxygens (including phenoxy) is 1. The van der Waals surface area contributed by atoms with E-state index in [0.29, 0.717) is 25.9 Å². The molecule has 0 aliphatic rings. The molecule has 0 aromatic carbocycles. The predicted octanol–water partition coefficient (Wildman–Crippen LogP) is 28.8. The van der Waals surface area contributed by atoms with Gasteiger partial charge in [0.1, 0.15) is 0 Å². The van der Waals surface area contributed by atoms with E-state index in [2.05, 4.69) is 43.5 Å². The van der Waals surface area contributed by atoms with Crippen molar-refractivity contribution in [3.8, 4) is 0 Å². The van der Waals surface area contributed by atoms with Gasteiger partial charge in [-0.05, 0) is 77.0 Å². The van der Waals surface area contributed by atoms with E-state index in [-0.39, 0.29) is 18.5 Å². The van der Waals surface area contributed by atoms with Gasteiger partial charge < -0.3 is 20.3 Å². The Morgan fingerprint density at radius 3 is 0.763 bits per heavy atom. The number of nitrogens with one attached hydrogen (secondary N) is 1. The van der Waals surface area contributed by atoms with Crippen LogP contribution in [0.2, 0.25) is 0 Å². The number of rotatable bonds is 82. The number of carbonyl (C=O) groups is 2. The molecule has 0 aliphatic heterocycles. The first-order valence-electron chi connectivity index (χ1n) is 43.1. The van der Waals surface area contributed by atoms with Crippen LogP contribution in [0.1, 0.15) is 495 Å². The zero-order valence-corrected chi connectivity index (χ0v) is 63.5. The Morgan fingerprint density at radius 1 is 0.290 bits per heavy atom. The van der Waals surface area contributed by atoms with Crippen LogP contribution in [0, 0.1) is 0 Å². The lowest BCUT2D eigenvalue weighted by molar-refractivity contribution is -0.143. The largest absolute Gasteiger partial charge is 0.466 e. The zero-order valence-electron chi connectivity index (χ0n) is 63.5. The minimum absolute atomic E-state index is 0.0186. The van der Waals surface area contributed by atoms with Crippen LogP contribution in [0.4, 0.5) is 0 Å². The number of aliphatic hydroxyl groups excluding tert-OH is 2. The summed E-state index contributed by atoms with van der Waals surface area (Å²) in [7, 11) is 0. The minimum atomic E-state index is -0.663. The van der Waals surface area contributed by atoms with Gasteiger partial charge in [-0.15, -0.1) is 0 Å². The Balaban J connectivity index is 3.34. The number of amides is 1. The monoisotopic (exact) mass is 1310 g/mol. The third-order valence-electron chi connectivity index (χ3n) is 20.5. The van der Waals surface area contributed by atoms with Gasteiger partial charge in [-0.25, -0.2) is 0 Å². The second-order valence-electron chi connectivity index (χ2n) is 29.9. The van der Waals surface area contributed by atoms with Gasteiger partial charge in [-0.2, -0.15) is 0 Å². The molecule has 1 amide bonds. The molecule has 0 saturated heterocycles. The number of carbonyl (C=O) groups excluding carboxylic acids is 2. The molecule has 0 radical (unpaired) electrons. The molecule has 3 N–H and O–H groups in total. The van der Waals surface area contributed by atoms with Gasteiger partial charge in [0.05, 0.1) is 25.4 Å². The van der Waals surface area contributed by atoms with Crippen LogP contribution in [-0.4, -0.2) is 47.4 Å². The Bertz CT molecular complexity index is 1460. The highest BCUT2D eigenvalue weighted by molar-refractivity contribution is 5.76. The third kappa shape index (κ3) is 79.2. The van der Waals surface area contributed by atoms with Crippen LogP contribution in [-0.2, 0) is 14.3 Å². The van der Waals surface area contributed by atoms with E-state index in [1.165, 1.54) is 417 Å². The molecule has 0 saturated carbocycles. The van der Waals surface area contributed by atoms with Gasteiger partial charge in [-0.3, -0.25) is 9.59 Å². The maximum Gasteiger partial charge on any atom is 0.305 e. The van der Waals surface area contributed by atoms with E-state index < -0.39 is 12.1 Å². The van der Waals surface area contributed by atoms with Gasteiger partial charge in [0.25, 0.3) is 0 Å². The molecule has 6 nitrogen and oxygen atoms in total. The fourth-order valence-electron chi connectivity index (χ4n) is 13.9. The van der Waals surface area contributed by atoms with Crippen molar-refractivity contribution in [1.82, 2.24) is 5.32 Å². The molecule has 6 heteroatoms. The molecule has 93 heavy (non-hydrogen) atoms. The van der Waals surface area contributed by atoms with E-state index in [0.717, 1.165) is 44.9 Å². The molecule has 552 valence electrons. The van der Waals surface area contributed by atoms with Crippen molar-refractivity contribution in [2.45, 2.75) is 508 Å². The molecule has 0 aromatic heterocycles. The smallest absolute Gasteiger partial charge is 0.305 e. The zero-order chi connectivity index (χ0) is 67.0. The second-order valence-corrected chi connectivity index (χ2v) is 29.9. The lowest BCUT2D eigenvalue weighted by Gasteiger charge is -2.22. The van der Waals surface area contributed by atoms with Gasteiger partial charge in [0.15, 0.2) is 0 Å². The highest BCUT2D eigenvalue weighted by Gasteiger charge is 2.20. The van der Waals surface area contributed by atoms with Crippen LogP contribution in [0.25, 0.3) is 0 Å². The summed E-state index contributed by atoms with van der Waals surface area (Å²) in [4.78, 5) is 24.7. The normalized spacial score (nSPS) is 12.5. The summed E-state index contributed by atoms with van der Waals surface area (Å²) >= 11 is 0. The SMILES string of the molecule is CCCCCCCCC/C=C\CCCCCCCCCC(=O)OCCCCCCCCCCCCCCCC/C=C\CCCCCCCCCCCCCCCCCCCC(=O)NC(CO)C(O)CCCCCCCCCCCCCCCCCCCCCCCCC. The lowest BCUT2D eigenvalue weighted by atomic mass is 10.0. The average molecular weight is 1310 g/mol. The Hall–Kier alpha value is -1.66. The summed E-state index contributed by atoms with van der Waals surface area (Å²) in [5, 5.41) is 23.5. The fraction of sp³-hybridized carbons (Fsp3) is 0.931. The van der Waals surface area contributed by atoms with E-state index in [1.807, 2.05) is 0 Å². The first-order chi connectivity index (χ1) is 46.0. The van der Waals surface area contributed by atoms with E-state index in [4.69, 9.17) is 4.74 Å². The maximum atomic E-state index is 12.6. The van der Waals surface area contributed by atoms with Crippen LogP contribution in [0.15, 0.2) is 24.3 Å². The molecule has 0 spiro atoms.